The van der Waals surface area contributed by atoms with Crippen molar-refractivity contribution in [2.24, 2.45) is 0 Å². The van der Waals surface area contributed by atoms with E-state index in [2.05, 4.69) is 0 Å². The van der Waals surface area contributed by atoms with Crippen LogP contribution in [-0.4, -0.2) is 27.4 Å². The van der Waals surface area contributed by atoms with Gasteiger partial charge in [0.15, 0.2) is 0 Å². The van der Waals surface area contributed by atoms with Crippen LogP contribution in [0.25, 0.3) is 0 Å². The van der Waals surface area contributed by atoms with Crippen molar-refractivity contribution in [3.05, 3.63) is 0 Å². The molecule has 0 heterocycles. The molecule has 78 valence electrons. The zero-order valence-corrected chi connectivity index (χ0v) is 9.13. The van der Waals surface area contributed by atoms with E-state index >= 15 is 0 Å². The normalized spacial score (nSPS) is 0. The first-order valence-electron chi connectivity index (χ1n) is 0. The van der Waals surface area contributed by atoms with Gasteiger partial charge < -0.3 is 77.0 Å². The first-order chi connectivity index (χ1) is 0. The number of hydrogen-bond donors (Lipinski definition) is 0. The maximum atomic E-state index is 0. The van der Waals surface area contributed by atoms with Crippen molar-refractivity contribution in [2.75, 3.05) is 0 Å². The Labute approximate surface area is 96.3 Å². The van der Waals surface area contributed by atoms with Crippen LogP contribution in [0.2, 0.25) is 0 Å². The minimum absolute atomic E-state index is 0. The maximum absolute atomic E-state index is 0. The molecule has 0 atom stereocenters. The van der Waals surface area contributed by atoms with Crippen molar-refractivity contribution < 1.29 is 96.5 Å². The molecule has 10 heteroatoms. The van der Waals surface area contributed by atoms with Crippen LogP contribution in [-0.2, 0) is 19.5 Å². The smallest absolute Gasteiger partial charge is 1.00 e. The second kappa shape index (κ2) is 388. The van der Waals surface area contributed by atoms with Crippen LogP contribution < -0.4 is 49.6 Å². The molecule has 0 bridgehead atoms. The summed E-state index contributed by atoms with van der Waals surface area (Å²) in [7, 11) is 0. The minimum atomic E-state index is 0. The van der Waals surface area contributed by atoms with Crippen LogP contribution in [0, 0.1) is 0 Å². The summed E-state index contributed by atoms with van der Waals surface area (Å²) in [6.45, 7) is 0. The number of rotatable bonds is 0. The van der Waals surface area contributed by atoms with E-state index in [1.54, 1.807) is 0 Å². The first-order valence-corrected chi connectivity index (χ1v) is 0. The molecule has 0 aliphatic heterocycles. The van der Waals surface area contributed by atoms with Crippen molar-refractivity contribution >= 4 is 0 Å². The van der Waals surface area contributed by atoms with Crippen molar-refractivity contribution in [3.8, 4) is 0 Å². The molecule has 0 saturated carbocycles. The van der Waals surface area contributed by atoms with Crippen LogP contribution in [0.5, 0.6) is 0 Å². The summed E-state index contributed by atoms with van der Waals surface area (Å²) in [5.41, 5.74) is 0. The Hall–Kier alpha value is 1.58. The minimum Gasteiger partial charge on any atom is -1.00 e. The van der Waals surface area contributed by atoms with Crippen LogP contribution in [0.3, 0.4) is 0 Å². The van der Waals surface area contributed by atoms with E-state index in [0.717, 1.165) is 0 Å². The van der Waals surface area contributed by atoms with Gasteiger partial charge in [0.05, 0.1) is 0 Å². The third kappa shape index (κ3) is 282. The van der Waals surface area contributed by atoms with Crippen LogP contribution in [0.15, 0.2) is 0 Å². The standard InChI is InChI=1S/4ClH.5H2O.Ru/h4*1H;5*1H2;/q;;;;;;;;;+2/p-4. The van der Waals surface area contributed by atoms with Gasteiger partial charge >= 0.3 is 19.5 Å². The monoisotopic (exact) mass is 332 g/mol. The summed E-state index contributed by atoms with van der Waals surface area (Å²) in [5, 5.41) is 0. The quantitative estimate of drug-likeness (QED) is 0.386. The largest absolute Gasteiger partial charge is 2.00 e. The molecule has 0 fully saturated rings. The van der Waals surface area contributed by atoms with E-state index in [0.29, 0.717) is 0 Å². The molecule has 10 heavy (non-hydrogen) atoms. The van der Waals surface area contributed by atoms with Crippen LogP contribution in [0.1, 0.15) is 0 Å². The Balaban J connectivity index is 0. The van der Waals surface area contributed by atoms with Gasteiger partial charge in [0.25, 0.3) is 0 Å². The Morgan fingerprint density at radius 2 is 0.300 bits per heavy atom. The van der Waals surface area contributed by atoms with Gasteiger partial charge in [-0.3, -0.25) is 0 Å². The Bertz CT molecular complexity index is 13.6. The molecule has 0 unspecified atom stereocenters. The van der Waals surface area contributed by atoms with Gasteiger partial charge in [-0.1, -0.05) is 0 Å². The third-order valence-corrected chi connectivity index (χ3v) is 0. The molecule has 0 aromatic rings. The zero-order valence-electron chi connectivity index (χ0n) is 4.37. The van der Waals surface area contributed by atoms with E-state index in [1.807, 2.05) is 0 Å². The Morgan fingerprint density at radius 3 is 0.300 bits per heavy atom. The van der Waals surface area contributed by atoms with Gasteiger partial charge in [0.1, 0.15) is 0 Å². The summed E-state index contributed by atoms with van der Waals surface area (Å²) in [4.78, 5) is 0. The SMILES string of the molecule is O.O.O.O.O.[Cl-].[Cl-].[Cl-].[Cl-].[Ru+2]. The van der Waals surface area contributed by atoms with Crippen LogP contribution >= 0.6 is 0 Å². The summed E-state index contributed by atoms with van der Waals surface area (Å²) < 4.78 is 0. The molecule has 0 aliphatic rings. The molecular formula is H10Cl4O5Ru-2. The average Bonchev–Trinajstić information content (AvgIpc) is 0. The predicted molar refractivity (Wildman–Crippen MR) is 18.1 cm³/mol. The first kappa shape index (κ1) is 518. The van der Waals surface area contributed by atoms with Gasteiger partial charge in [-0.25, -0.2) is 0 Å². The molecule has 0 spiro atoms. The topological polar surface area (TPSA) is 158 Å². The van der Waals surface area contributed by atoms with Crippen molar-refractivity contribution in [1.82, 2.24) is 0 Å². The molecule has 5 nitrogen and oxygen atoms in total. The maximum Gasteiger partial charge on any atom is 2.00 e. The van der Waals surface area contributed by atoms with E-state index in [-0.39, 0.29) is 96.5 Å². The van der Waals surface area contributed by atoms with Crippen molar-refractivity contribution in [2.45, 2.75) is 0 Å². The fraction of sp³-hybridized carbons (Fsp3) is 0. The fourth-order valence-electron chi connectivity index (χ4n) is 0. The predicted octanol–water partition coefficient (Wildman–Crippen LogP) is -16.1. The number of hydrogen-bond acceptors (Lipinski definition) is 0. The van der Waals surface area contributed by atoms with E-state index < -0.39 is 0 Å². The van der Waals surface area contributed by atoms with Gasteiger partial charge in [-0.15, -0.1) is 0 Å². The van der Waals surface area contributed by atoms with Crippen molar-refractivity contribution in [3.63, 3.8) is 0 Å². The van der Waals surface area contributed by atoms with Gasteiger partial charge in [-0.2, -0.15) is 0 Å². The molecule has 0 aromatic heterocycles. The second-order valence-corrected chi connectivity index (χ2v) is 0. The Kier molecular flexibility index (Phi) is 20100. The average molecular weight is 333 g/mol. The third-order valence-electron chi connectivity index (χ3n) is 0. The van der Waals surface area contributed by atoms with Gasteiger partial charge in [0, 0.05) is 0 Å². The molecule has 10 N–H and O–H groups in total. The summed E-state index contributed by atoms with van der Waals surface area (Å²) in [6, 6.07) is 0. The molecular weight excluding hydrogens is 323 g/mol. The van der Waals surface area contributed by atoms with Crippen LogP contribution in [0.4, 0.5) is 0 Å². The molecule has 0 rings (SSSR count). The molecule has 0 amide bonds. The van der Waals surface area contributed by atoms with E-state index in [4.69, 9.17) is 0 Å². The summed E-state index contributed by atoms with van der Waals surface area (Å²) >= 11 is 0. The zero-order chi connectivity index (χ0) is 0. The van der Waals surface area contributed by atoms with Gasteiger partial charge in [0.2, 0.25) is 0 Å². The molecule has 0 radical (unpaired) electrons. The fourth-order valence-corrected chi connectivity index (χ4v) is 0. The summed E-state index contributed by atoms with van der Waals surface area (Å²) in [5.74, 6) is 0. The molecule has 0 saturated heterocycles. The number of halogens is 4. The van der Waals surface area contributed by atoms with E-state index in [9.17, 15) is 0 Å². The molecule has 0 aliphatic carbocycles. The van der Waals surface area contributed by atoms with Crippen molar-refractivity contribution in [1.29, 1.82) is 0 Å². The summed E-state index contributed by atoms with van der Waals surface area (Å²) in [6.07, 6.45) is 0. The van der Waals surface area contributed by atoms with E-state index in [1.165, 1.54) is 0 Å². The second-order valence-electron chi connectivity index (χ2n) is 0. The Morgan fingerprint density at radius 1 is 0.300 bits per heavy atom. The van der Waals surface area contributed by atoms with Gasteiger partial charge in [-0.05, 0) is 0 Å². The molecule has 0 aromatic carbocycles.